The van der Waals surface area contributed by atoms with E-state index in [-0.39, 0.29) is 11.2 Å². The Bertz CT molecular complexity index is 1000. The number of ether oxygens (including phenoxy) is 1. The van der Waals surface area contributed by atoms with Crippen LogP contribution in [0.3, 0.4) is 0 Å². The van der Waals surface area contributed by atoms with Gasteiger partial charge in [0.2, 0.25) is 5.91 Å². The molecular weight excluding hydrogens is 426 g/mol. The Hall–Kier alpha value is -2.25. The van der Waals surface area contributed by atoms with Crippen molar-refractivity contribution in [3.63, 3.8) is 0 Å². The van der Waals surface area contributed by atoms with Gasteiger partial charge in [0, 0.05) is 10.0 Å². The molecule has 1 unspecified atom stereocenters. The Morgan fingerprint density at radius 3 is 2.74 bits per heavy atom. The predicted octanol–water partition coefficient (Wildman–Crippen LogP) is 4.73. The number of hydrogen-bond acceptors (Lipinski definition) is 4. The van der Waals surface area contributed by atoms with Gasteiger partial charge in [-0.05, 0) is 48.9 Å². The normalized spacial score (nSPS) is 16.4. The third kappa shape index (κ3) is 3.49. The first kappa shape index (κ1) is 18.1. The van der Waals surface area contributed by atoms with Gasteiger partial charge in [-0.3, -0.25) is 4.79 Å². The quantitative estimate of drug-likeness (QED) is 0.635. The molecule has 7 heteroatoms. The predicted molar refractivity (Wildman–Crippen MR) is 112 cm³/mol. The molecule has 4 rings (SSSR count). The highest BCUT2D eigenvalue weighted by molar-refractivity contribution is 9.10. The summed E-state index contributed by atoms with van der Waals surface area (Å²) in [4.78, 5) is 12.4. The van der Waals surface area contributed by atoms with Crippen LogP contribution in [0.5, 0.6) is 5.75 Å². The van der Waals surface area contributed by atoms with Crippen molar-refractivity contribution in [2.45, 2.75) is 12.2 Å². The van der Waals surface area contributed by atoms with E-state index in [2.05, 4.69) is 33.4 Å². The van der Waals surface area contributed by atoms with Crippen LogP contribution in [-0.2, 0) is 4.79 Å². The van der Waals surface area contributed by atoms with E-state index in [4.69, 9.17) is 9.84 Å². The Balaban J connectivity index is 1.86. The second kappa shape index (κ2) is 7.40. The molecule has 0 radical (unpaired) electrons. The summed E-state index contributed by atoms with van der Waals surface area (Å²) < 4.78 is 8.06. The average Bonchev–Trinajstić information content (AvgIpc) is 2.87. The number of carbonyl (C=O) groups excluding carboxylic acids is 1. The first-order valence-corrected chi connectivity index (χ1v) is 10.3. The van der Waals surface area contributed by atoms with Crippen LogP contribution < -0.4 is 10.1 Å². The zero-order valence-corrected chi connectivity index (χ0v) is 17.3. The summed E-state index contributed by atoms with van der Waals surface area (Å²) >= 11 is 5.17. The molecule has 0 bridgehead atoms. The monoisotopic (exact) mass is 443 g/mol. The maximum Gasteiger partial charge on any atom is 0.235 e. The highest BCUT2D eigenvalue weighted by Gasteiger charge is 2.30. The molecule has 1 N–H and O–H groups in total. The van der Waals surface area contributed by atoms with Gasteiger partial charge in [0.1, 0.15) is 11.6 Å². The van der Waals surface area contributed by atoms with Crippen molar-refractivity contribution in [2.75, 3.05) is 18.2 Å². The SMILES string of the molecule is COc1ccc(-n2nc(C)c3c2NC(=O)CSC3c2cccc(Br)c2)cc1. The first-order valence-electron chi connectivity index (χ1n) is 8.47. The molecule has 1 aliphatic heterocycles. The molecule has 2 aromatic carbocycles. The minimum absolute atomic E-state index is 0.0200. The highest BCUT2D eigenvalue weighted by Crippen LogP contribution is 2.44. The summed E-state index contributed by atoms with van der Waals surface area (Å²) in [7, 11) is 1.64. The summed E-state index contributed by atoms with van der Waals surface area (Å²) in [5, 5.41) is 7.81. The largest absolute Gasteiger partial charge is 0.497 e. The molecule has 5 nitrogen and oxygen atoms in total. The molecule has 1 aromatic heterocycles. The molecule has 27 heavy (non-hydrogen) atoms. The van der Waals surface area contributed by atoms with Crippen molar-refractivity contribution < 1.29 is 9.53 Å². The summed E-state index contributed by atoms with van der Waals surface area (Å²) in [5.41, 5.74) is 3.96. The lowest BCUT2D eigenvalue weighted by molar-refractivity contribution is -0.113. The third-order valence-corrected chi connectivity index (χ3v) is 6.24. The van der Waals surface area contributed by atoms with Crippen LogP contribution in [0.2, 0.25) is 0 Å². The minimum Gasteiger partial charge on any atom is -0.497 e. The summed E-state index contributed by atoms with van der Waals surface area (Å²) in [6.07, 6.45) is 0. The van der Waals surface area contributed by atoms with Crippen molar-refractivity contribution in [1.29, 1.82) is 0 Å². The van der Waals surface area contributed by atoms with Crippen LogP contribution in [0, 0.1) is 6.92 Å². The maximum absolute atomic E-state index is 12.4. The highest BCUT2D eigenvalue weighted by atomic mass is 79.9. The summed E-state index contributed by atoms with van der Waals surface area (Å²) in [6, 6.07) is 15.8. The van der Waals surface area contributed by atoms with E-state index >= 15 is 0 Å². The van der Waals surface area contributed by atoms with Gasteiger partial charge in [0.05, 0.1) is 29.5 Å². The van der Waals surface area contributed by atoms with Crippen LogP contribution in [0.15, 0.2) is 53.0 Å². The molecule has 3 aromatic rings. The molecule has 0 aliphatic carbocycles. The number of nitrogens with zero attached hydrogens (tertiary/aromatic N) is 2. The van der Waals surface area contributed by atoms with E-state index in [0.29, 0.717) is 5.75 Å². The fourth-order valence-electron chi connectivity index (χ4n) is 3.23. The van der Waals surface area contributed by atoms with Crippen molar-refractivity contribution in [1.82, 2.24) is 9.78 Å². The fourth-order valence-corrected chi connectivity index (χ4v) is 4.82. The maximum atomic E-state index is 12.4. The smallest absolute Gasteiger partial charge is 0.235 e. The minimum atomic E-state index is -0.0200. The number of benzene rings is 2. The van der Waals surface area contributed by atoms with Crippen molar-refractivity contribution >= 4 is 39.4 Å². The van der Waals surface area contributed by atoms with Crippen molar-refractivity contribution in [3.05, 3.63) is 69.8 Å². The molecule has 0 saturated carbocycles. The molecule has 138 valence electrons. The lowest BCUT2D eigenvalue weighted by Crippen LogP contribution is -2.15. The van der Waals surface area contributed by atoms with Gasteiger partial charge >= 0.3 is 0 Å². The number of amides is 1. The third-order valence-electron chi connectivity index (χ3n) is 4.48. The van der Waals surface area contributed by atoms with E-state index < -0.39 is 0 Å². The number of nitrogens with one attached hydrogen (secondary N) is 1. The molecule has 0 fully saturated rings. The van der Waals surface area contributed by atoms with Gasteiger partial charge in [-0.2, -0.15) is 5.10 Å². The molecule has 1 amide bonds. The van der Waals surface area contributed by atoms with Gasteiger partial charge in [-0.1, -0.05) is 28.1 Å². The fraction of sp³-hybridized carbons (Fsp3) is 0.200. The second-order valence-electron chi connectivity index (χ2n) is 6.25. The van der Waals surface area contributed by atoms with E-state index in [1.54, 1.807) is 23.6 Å². The topological polar surface area (TPSA) is 56.1 Å². The van der Waals surface area contributed by atoms with Gasteiger partial charge < -0.3 is 10.1 Å². The lowest BCUT2D eigenvalue weighted by Gasteiger charge is -2.15. The van der Waals surface area contributed by atoms with Crippen LogP contribution in [0.4, 0.5) is 5.82 Å². The van der Waals surface area contributed by atoms with E-state index in [9.17, 15) is 4.79 Å². The standard InChI is InChI=1S/C20H18BrN3O2S/c1-12-18-19(13-4-3-5-14(21)10-13)27-11-17(25)22-20(18)24(23-12)15-6-8-16(26-2)9-7-15/h3-10,19H,11H2,1-2H3,(H,22,25). The molecular formula is C20H18BrN3O2S. The number of methoxy groups -OCH3 is 1. The summed E-state index contributed by atoms with van der Waals surface area (Å²) in [5.74, 6) is 1.89. The number of aromatic nitrogens is 2. The van der Waals surface area contributed by atoms with Crippen LogP contribution in [0.1, 0.15) is 22.1 Å². The summed E-state index contributed by atoms with van der Waals surface area (Å²) in [6.45, 7) is 1.99. The van der Waals surface area contributed by atoms with Crippen LogP contribution in [-0.4, -0.2) is 28.6 Å². The first-order chi connectivity index (χ1) is 13.1. The number of fused-ring (bicyclic) bond motifs is 1. The van der Waals surface area contributed by atoms with Gasteiger partial charge in [0.15, 0.2) is 0 Å². The zero-order chi connectivity index (χ0) is 19.0. The van der Waals surface area contributed by atoms with E-state index in [1.165, 1.54) is 0 Å². The molecule has 0 spiro atoms. The van der Waals surface area contributed by atoms with E-state index in [1.807, 2.05) is 43.3 Å². The van der Waals surface area contributed by atoms with Gasteiger partial charge in [0.25, 0.3) is 0 Å². The number of carbonyl (C=O) groups is 1. The average molecular weight is 444 g/mol. The number of hydrogen-bond donors (Lipinski definition) is 1. The Morgan fingerprint density at radius 1 is 1.26 bits per heavy atom. The van der Waals surface area contributed by atoms with Crippen molar-refractivity contribution in [3.8, 4) is 11.4 Å². The van der Waals surface area contributed by atoms with Crippen molar-refractivity contribution in [2.24, 2.45) is 0 Å². The molecule has 2 heterocycles. The molecule has 0 saturated heterocycles. The van der Waals surface area contributed by atoms with Gasteiger partial charge in [-0.15, -0.1) is 11.8 Å². The zero-order valence-electron chi connectivity index (χ0n) is 14.9. The Labute approximate surface area is 170 Å². The number of rotatable bonds is 3. The number of halogens is 1. The van der Waals surface area contributed by atoms with E-state index in [0.717, 1.165) is 38.5 Å². The number of thioether (sulfide) groups is 1. The number of aryl methyl sites for hydroxylation is 1. The molecule has 1 aliphatic rings. The Kier molecular flexibility index (Phi) is 4.97. The Morgan fingerprint density at radius 2 is 2.04 bits per heavy atom. The number of anilines is 1. The van der Waals surface area contributed by atoms with Gasteiger partial charge in [-0.25, -0.2) is 4.68 Å². The molecule has 1 atom stereocenters. The second-order valence-corrected chi connectivity index (χ2v) is 8.26. The van der Waals surface area contributed by atoms with Crippen LogP contribution in [0.25, 0.3) is 5.69 Å². The lowest BCUT2D eigenvalue weighted by atomic mass is 10.0. The van der Waals surface area contributed by atoms with Crippen LogP contribution >= 0.6 is 27.7 Å².